The first-order valence-electron chi connectivity index (χ1n) is 8.76. The maximum Gasteiger partial charge on any atom is 0.191 e. The molecule has 25 heavy (non-hydrogen) atoms. The third-order valence-electron chi connectivity index (χ3n) is 4.20. The lowest BCUT2D eigenvalue weighted by molar-refractivity contribution is 0.131. The van der Waals surface area contributed by atoms with Gasteiger partial charge in [-0.05, 0) is 31.9 Å². The van der Waals surface area contributed by atoms with E-state index in [-0.39, 0.29) is 17.8 Å². The van der Waals surface area contributed by atoms with Gasteiger partial charge in [-0.25, -0.2) is 4.39 Å². The molecule has 0 amide bonds. The third kappa shape index (κ3) is 6.51. The highest BCUT2D eigenvalue weighted by Crippen LogP contribution is 2.32. The number of aliphatic hydroxyl groups is 1. The van der Waals surface area contributed by atoms with E-state index in [2.05, 4.69) is 15.6 Å². The Hall–Kier alpha value is -1.86. The summed E-state index contributed by atoms with van der Waals surface area (Å²) in [4.78, 5) is 4.63. The number of nitrogens with zero attached hydrogens (tertiary/aromatic N) is 1. The van der Waals surface area contributed by atoms with Gasteiger partial charge in [0.05, 0.1) is 19.7 Å². The molecule has 1 aromatic rings. The fourth-order valence-electron chi connectivity index (χ4n) is 2.77. The summed E-state index contributed by atoms with van der Waals surface area (Å²) >= 11 is 0. The van der Waals surface area contributed by atoms with E-state index in [0.29, 0.717) is 44.4 Å². The van der Waals surface area contributed by atoms with Crippen LogP contribution in [0.2, 0.25) is 0 Å². The molecule has 3 N–H and O–H groups in total. The van der Waals surface area contributed by atoms with E-state index in [4.69, 9.17) is 9.47 Å². The average molecular weight is 353 g/mol. The lowest BCUT2D eigenvalue weighted by Crippen LogP contribution is -2.40. The van der Waals surface area contributed by atoms with Gasteiger partial charge in [-0.3, -0.25) is 4.99 Å². The van der Waals surface area contributed by atoms with Crippen LogP contribution in [0.4, 0.5) is 4.39 Å². The van der Waals surface area contributed by atoms with E-state index in [1.54, 1.807) is 12.1 Å². The van der Waals surface area contributed by atoms with Crippen LogP contribution in [0.15, 0.2) is 29.3 Å². The van der Waals surface area contributed by atoms with E-state index >= 15 is 0 Å². The van der Waals surface area contributed by atoms with Crippen molar-refractivity contribution < 1.29 is 19.0 Å². The predicted octanol–water partition coefficient (Wildman–Crippen LogP) is 1.55. The maximum absolute atomic E-state index is 13.1. The number of aliphatic hydroxyl groups excluding tert-OH is 1. The zero-order valence-electron chi connectivity index (χ0n) is 14.8. The summed E-state index contributed by atoms with van der Waals surface area (Å²) in [7, 11) is 0. The van der Waals surface area contributed by atoms with E-state index < -0.39 is 0 Å². The Morgan fingerprint density at radius 3 is 3.00 bits per heavy atom. The van der Waals surface area contributed by atoms with Gasteiger partial charge < -0.3 is 25.2 Å². The molecule has 0 aliphatic carbocycles. The zero-order chi connectivity index (χ0) is 18.0. The number of aliphatic imine (C=N–C) groups is 1. The second-order valence-electron chi connectivity index (χ2n) is 6.20. The second-order valence-corrected chi connectivity index (χ2v) is 6.20. The van der Waals surface area contributed by atoms with Gasteiger partial charge in [-0.2, -0.15) is 0 Å². The molecule has 0 bridgehead atoms. The van der Waals surface area contributed by atoms with Gasteiger partial charge in [0.25, 0.3) is 0 Å². The van der Waals surface area contributed by atoms with Crippen molar-refractivity contribution in [3.8, 4) is 5.75 Å². The zero-order valence-corrected chi connectivity index (χ0v) is 14.8. The van der Waals surface area contributed by atoms with Crippen LogP contribution < -0.4 is 15.4 Å². The number of nitrogens with one attached hydrogen (secondary N) is 2. The minimum Gasteiger partial charge on any atom is -0.492 e. The Kier molecular flexibility index (Phi) is 7.94. The standard InChI is InChI=1S/C18H28FN3O3/c1-2-20-17(22-13-18(6-9-23)7-10-24-14-18)21-8-11-25-16-5-3-4-15(19)12-16/h3-5,12,23H,2,6-11,13-14H2,1H3,(H2,20,21,22). The number of benzene rings is 1. The molecule has 0 aromatic heterocycles. The van der Waals surface area contributed by atoms with Crippen molar-refractivity contribution in [3.63, 3.8) is 0 Å². The quantitative estimate of drug-likeness (QED) is 0.357. The van der Waals surface area contributed by atoms with Crippen LogP contribution in [0.25, 0.3) is 0 Å². The normalized spacial score (nSPS) is 20.5. The Morgan fingerprint density at radius 1 is 1.44 bits per heavy atom. The van der Waals surface area contributed by atoms with Crippen molar-refractivity contribution in [1.82, 2.24) is 10.6 Å². The van der Waals surface area contributed by atoms with Gasteiger partial charge in [0.15, 0.2) is 5.96 Å². The summed E-state index contributed by atoms with van der Waals surface area (Å²) in [5.74, 6) is 0.900. The topological polar surface area (TPSA) is 75.1 Å². The van der Waals surface area contributed by atoms with E-state index in [1.807, 2.05) is 6.92 Å². The molecule has 7 heteroatoms. The molecule has 1 heterocycles. The van der Waals surface area contributed by atoms with Gasteiger partial charge in [-0.15, -0.1) is 0 Å². The minimum atomic E-state index is -0.312. The highest BCUT2D eigenvalue weighted by molar-refractivity contribution is 5.79. The largest absolute Gasteiger partial charge is 0.492 e. The summed E-state index contributed by atoms with van der Waals surface area (Å²) in [6, 6.07) is 6.09. The maximum atomic E-state index is 13.1. The second kappa shape index (κ2) is 10.2. The molecule has 0 radical (unpaired) electrons. The van der Waals surface area contributed by atoms with E-state index in [1.165, 1.54) is 12.1 Å². The smallest absolute Gasteiger partial charge is 0.191 e. The number of halogens is 1. The van der Waals surface area contributed by atoms with Crippen LogP contribution >= 0.6 is 0 Å². The molecular weight excluding hydrogens is 325 g/mol. The molecule has 1 fully saturated rings. The summed E-state index contributed by atoms with van der Waals surface area (Å²) in [5.41, 5.74) is -0.0742. The highest BCUT2D eigenvalue weighted by Gasteiger charge is 2.34. The molecule has 140 valence electrons. The monoisotopic (exact) mass is 353 g/mol. The molecular formula is C18H28FN3O3. The van der Waals surface area contributed by atoms with Crippen LogP contribution in [-0.4, -0.2) is 57.1 Å². The Morgan fingerprint density at radius 2 is 2.32 bits per heavy atom. The number of ether oxygens (including phenoxy) is 2. The molecule has 6 nitrogen and oxygen atoms in total. The number of hydrogen-bond acceptors (Lipinski definition) is 4. The van der Waals surface area contributed by atoms with Crippen LogP contribution in [0.3, 0.4) is 0 Å². The van der Waals surface area contributed by atoms with Gasteiger partial charge in [0.1, 0.15) is 18.2 Å². The van der Waals surface area contributed by atoms with E-state index in [0.717, 1.165) is 19.6 Å². The fourth-order valence-corrected chi connectivity index (χ4v) is 2.77. The predicted molar refractivity (Wildman–Crippen MR) is 95.4 cm³/mol. The molecule has 1 aliphatic heterocycles. The van der Waals surface area contributed by atoms with Crippen LogP contribution in [0.5, 0.6) is 5.75 Å². The first kappa shape index (κ1) is 19.5. The fraction of sp³-hybridized carbons (Fsp3) is 0.611. The van der Waals surface area contributed by atoms with E-state index in [9.17, 15) is 9.50 Å². The van der Waals surface area contributed by atoms with Crippen molar-refractivity contribution in [2.45, 2.75) is 19.8 Å². The molecule has 2 rings (SSSR count). The van der Waals surface area contributed by atoms with Crippen LogP contribution in [0, 0.1) is 11.2 Å². The first-order valence-corrected chi connectivity index (χ1v) is 8.76. The highest BCUT2D eigenvalue weighted by atomic mass is 19.1. The SMILES string of the molecule is CCNC(=NCC1(CCO)CCOC1)NCCOc1cccc(F)c1. The molecule has 0 saturated carbocycles. The summed E-state index contributed by atoms with van der Waals surface area (Å²) < 4.78 is 24.1. The van der Waals surface area contributed by atoms with Crippen LogP contribution in [0.1, 0.15) is 19.8 Å². The van der Waals surface area contributed by atoms with Crippen molar-refractivity contribution in [2.24, 2.45) is 10.4 Å². The number of guanidine groups is 1. The summed E-state index contributed by atoms with van der Waals surface area (Å²) in [6.45, 7) is 5.81. The van der Waals surface area contributed by atoms with Gasteiger partial charge in [0, 0.05) is 31.2 Å². The summed E-state index contributed by atoms with van der Waals surface area (Å²) in [6.07, 6.45) is 1.61. The Balaban J connectivity index is 1.80. The van der Waals surface area contributed by atoms with Gasteiger partial charge >= 0.3 is 0 Å². The Labute approximate surface area is 148 Å². The first-order chi connectivity index (χ1) is 12.2. The Bertz CT molecular complexity index is 548. The number of rotatable bonds is 9. The van der Waals surface area contributed by atoms with Crippen molar-refractivity contribution in [2.75, 3.05) is 46.1 Å². The van der Waals surface area contributed by atoms with Crippen molar-refractivity contribution >= 4 is 5.96 Å². The number of hydrogen-bond donors (Lipinski definition) is 3. The molecule has 1 atom stereocenters. The molecule has 1 aliphatic rings. The lowest BCUT2D eigenvalue weighted by atomic mass is 9.84. The molecule has 1 saturated heterocycles. The summed E-state index contributed by atoms with van der Waals surface area (Å²) in [5, 5.41) is 15.7. The molecule has 0 spiro atoms. The van der Waals surface area contributed by atoms with Crippen molar-refractivity contribution in [1.29, 1.82) is 0 Å². The van der Waals surface area contributed by atoms with Crippen LogP contribution in [-0.2, 0) is 4.74 Å². The van der Waals surface area contributed by atoms with Crippen molar-refractivity contribution in [3.05, 3.63) is 30.1 Å². The minimum absolute atomic E-state index is 0.0742. The molecule has 1 aromatic carbocycles. The lowest BCUT2D eigenvalue weighted by Gasteiger charge is -2.24. The third-order valence-corrected chi connectivity index (χ3v) is 4.20. The average Bonchev–Trinajstić information content (AvgIpc) is 3.06. The van der Waals surface area contributed by atoms with Gasteiger partial charge in [0.2, 0.25) is 0 Å². The molecule has 1 unspecified atom stereocenters. The van der Waals surface area contributed by atoms with Gasteiger partial charge in [-0.1, -0.05) is 6.07 Å².